The van der Waals surface area contributed by atoms with Crippen molar-refractivity contribution in [2.24, 2.45) is 5.92 Å². The minimum atomic E-state index is -4.89. The van der Waals surface area contributed by atoms with Crippen molar-refractivity contribution in [3.8, 4) is 0 Å². The van der Waals surface area contributed by atoms with Gasteiger partial charge in [0.25, 0.3) is 5.92 Å². The van der Waals surface area contributed by atoms with Gasteiger partial charge in [-0.25, -0.2) is 21.6 Å². The third-order valence-electron chi connectivity index (χ3n) is 5.16. The van der Waals surface area contributed by atoms with E-state index in [0.717, 1.165) is 24.3 Å². The van der Waals surface area contributed by atoms with Gasteiger partial charge in [-0.3, -0.25) is 4.79 Å². The molecule has 37 heavy (non-hydrogen) atoms. The van der Waals surface area contributed by atoms with Gasteiger partial charge in [0.15, 0.2) is 15.6 Å². The summed E-state index contributed by atoms with van der Waals surface area (Å²) in [5.41, 5.74) is -0.161. The van der Waals surface area contributed by atoms with E-state index in [4.69, 9.17) is 34.8 Å². The first-order valence-corrected chi connectivity index (χ1v) is 13.5. The van der Waals surface area contributed by atoms with E-state index in [1.165, 1.54) is 19.1 Å². The number of hydrogen-bond donors (Lipinski definition) is 0. The second-order valence-corrected chi connectivity index (χ2v) is 12.0. The van der Waals surface area contributed by atoms with Crippen molar-refractivity contribution in [3.63, 3.8) is 0 Å². The molecule has 0 saturated heterocycles. The Hall–Kier alpha value is -1.75. The molecule has 0 saturated carbocycles. The first-order chi connectivity index (χ1) is 16.8. The highest BCUT2D eigenvalue weighted by atomic mass is 35.5. The molecule has 2 rings (SSSR count). The lowest BCUT2D eigenvalue weighted by Gasteiger charge is -2.22. The molecule has 3 nitrogen and oxygen atoms in total. The average Bonchev–Trinajstić information content (AvgIpc) is 2.72. The van der Waals surface area contributed by atoms with Crippen LogP contribution in [0.15, 0.2) is 42.5 Å². The molecule has 0 fully saturated rings. The molecule has 0 heterocycles. The number of carbonyl (C=O) groups is 1. The van der Waals surface area contributed by atoms with E-state index in [2.05, 4.69) is 0 Å². The van der Waals surface area contributed by atoms with Crippen LogP contribution in [0.5, 0.6) is 0 Å². The number of hydrogen-bond acceptors (Lipinski definition) is 3. The summed E-state index contributed by atoms with van der Waals surface area (Å²) in [4.78, 5) is 12.4. The zero-order valence-electron chi connectivity index (χ0n) is 19.4. The van der Waals surface area contributed by atoms with Crippen LogP contribution in [0.2, 0.25) is 15.1 Å². The Kier molecular flexibility index (Phi) is 10.2. The maximum Gasteiger partial charge on any atom is 0.402 e. The molecule has 0 aromatic heterocycles. The molecule has 0 spiro atoms. The fourth-order valence-corrected chi connectivity index (χ4v) is 5.80. The number of rotatable bonds is 10. The average molecular weight is 610 g/mol. The SMILES string of the molecule is C[C@@H](CC(=O)c1ccc(/C(F)=C/C(c2cc(Cl)c(Cl)c(Cl)c2)C(C)(F)F)cc1)CS(=O)(=O)CC(F)(F)F. The maximum atomic E-state index is 14.9. The first kappa shape index (κ1) is 31.5. The summed E-state index contributed by atoms with van der Waals surface area (Å²) in [5.74, 6) is -10.5. The minimum absolute atomic E-state index is 0.0396. The molecular weight excluding hydrogens is 589 g/mol. The van der Waals surface area contributed by atoms with Gasteiger partial charge in [-0.1, -0.05) is 66.0 Å². The van der Waals surface area contributed by atoms with Crippen LogP contribution in [-0.2, 0) is 9.84 Å². The van der Waals surface area contributed by atoms with E-state index in [-0.39, 0.29) is 38.2 Å². The molecule has 0 aliphatic carbocycles. The molecular formula is C24H21Cl3F6O3S. The van der Waals surface area contributed by atoms with E-state index < -0.39 is 56.9 Å². The fourth-order valence-electron chi connectivity index (χ4n) is 3.58. The van der Waals surface area contributed by atoms with Crippen LogP contribution in [0.4, 0.5) is 26.3 Å². The monoisotopic (exact) mass is 608 g/mol. The first-order valence-electron chi connectivity index (χ1n) is 10.6. The number of halogens is 9. The van der Waals surface area contributed by atoms with Gasteiger partial charge in [-0.15, -0.1) is 0 Å². The van der Waals surface area contributed by atoms with Crippen molar-refractivity contribution in [2.45, 2.75) is 38.3 Å². The molecule has 204 valence electrons. The minimum Gasteiger partial charge on any atom is -0.294 e. The van der Waals surface area contributed by atoms with E-state index in [0.29, 0.717) is 13.0 Å². The third-order valence-corrected chi connectivity index (χ3v) is 8.20. The van der Waals surface area contributed by atoms with Gasteiger partial charge in [0, 0.05) is 24.5 Å². The van der Waals surface area contributed by atoms with E-state index >= 15 is 0 Å². The van der Waals surface area contributed by atoms with E-state index in [1.54, 1.807) is 0 Å². The largest absolute Gasteiger partial charge is 0.402 e. The second kappa shape index (κ2) is 12.0. The summed E-state index contributed by atoms with van der Waals surface area (Å²) in [5, 5.41) is -0.215. The van der Waals surface area contributed by atoms with Crippen molar-refractivity contribution in [1.29, 1.82) is 0 Å². The van der Waals surface area contributed by atoms with Crippen molar-refractivity contribution in [3.05, 3.63) is 74.2 Å². The van der Waals surface area contributed by atoms with Crippen molar-refractivity contribution in [1.82, 2.24) is 0 Å². The van der Waals surface area contributed by atoms with Crippen LogP contribution >= 0.6 is 34.8 Å². The Morgan fingerprint density at radius 2 is 1.46 bits per heavy atom. The number of carbonyl (C=O) groups excluding carboxylic acids is 1. The molecule has 2 aromatic rings. The second-order valence-electron chi connectivity index (χ2n) is 8.73. The molecule has 1 unspecified atom stereocenters. The van der Waals surface area contributed by atoms with Crippen LogP contribution in [-0.4, -0.2) is 37.8 Å². The molecule has 2 aromatic carbocycles. The molecule has 2 atom stereocenters. The third kappa shape index (κ3) is 9.50. The van der Waals surface area contributed by atoms with E-state index in [9.17, 15) is 39.6 Å². The van der Waals surface area contributed by atoms with Crippen LogP contribution in [0.1, 0.15) is 47.7 Å². The number of ketones is 1. The summed E-state index contributed by atoms with van der Waals surface area (Å²) < 4.78 is 104. The Balaban J connectivity index is 2.21. The van der Waals surface area contributed by atoms with Crippen LogP contribution in [0, 0.1) is 5.92 Å². The van der Waals surface area contributed by atoms with Gasteiger partial charge in [-0.2, -0.15) is 13.2 Å². The van der Waals surface area contributed by atoms with Crippen molar-refractivity contribution < 1.29 is 39.6 Å². The van der Waals surface area contributed by atoms with Crippen molar-refractivity contribution in [2.75, 3.05) is 11.5 Å². The number of alkyl halides is 5. The van der Waals surface area contributed by atoms with Gasteiger partial charge in [0.1, 0.15) is 11.6 Å². The number of benzene rings is 2. The Labute approximate surface area is 225 Å². The molecule has 0 N–H and O–H groups in total. The Morgan fingerprint density at radius 1 is 0.973 bits per heavy atom. The highest BCUT2D eigenvalue weighted by Gasteiger charge is 2.36. The van der Waals surface area contributed by atoms with Gasteiger partial charge in [0.05, 0.1) is 26.7 Å². The van der Waals surface area contributed by atoms with Gasteiger partial charge in [0.2, 0.25) is 0 Å². The quantitative estimate of drug-likeness (QED) is 0.154. The lowest BCUT2D eigenvalue weighted by molar-refractivity contribution is -0.106. The van der Waals surface area contributed by atoms with Gasteiger partial charge >= 0.3 is 6.18 Å². The normalized spacial score (nSPS) is 14.9. The fraction of sp³-hybridized carbons (Fsp3) is 0.375. The summed E-state index contributed by atoms with van der Waals surface area (Å²) in [7, 11) is -4.46. The predicted molar refractivity (Wildman–Crippen MR) is 133 cm³/mol. The van der Waals surface area contributed by atoms with Crippen LogP contribution < -0.4 is 0 Å². The lowest BCUT2D eigenvalue weighted by atomic mass is 9.91. The summed E-state index contributed by atoms with van der Waals surface area (Å²) in [6.45, 7) is 1.92. The smallest absolute Gasteiger partial charge is 0.294 e. The molecule has 0 aliphatic rings. The molecule has 0 radical (unpaired) electrons. The van der Waals surface area contributed by atoms with Crippen LogP contribution in [0.25, 0.3) is 5.83 Å². The standard InChI is InChI=1S/C24H21Cl3F6O3S/c1-13(11-37(35,36)12-24(31,32)33)7-21(34)15-5-3-14(4-6-15)20(28)10-17(23(2,29)30)16-8-18(25)22(27)19(26)9-16/h3-6,8-10,13,17H,7,11-12H2,1-2H3/b20-10-/t13-,17?/m0/s1. The maximum absolute atomic E-state index is 14.9. The molecule has 13 heteroatoms. The van der Waals surface area contributed by atoms with Gasteiger partial charge < -0.3 is 0 Å². The lowest BCUT2D eigenvalue weighted by Crippen LogP contribution is -2.28. The Bertz CT molecular complexity index is 1250. The predicted octanol–water partition coefficient (Wildman–Crippen LogP) is 8.58. The number of sulfone groups is 1. The Morgan fingerprint density at radius 3 is 1.92 bits per heavy atom. The molecule has 0 bridgehead atoms. The highest BCUT2D eigenvalue weighted by molar-refractivity contribution is 7.91. The number of Topliss-reactive ketones (excluding diaryl/α,β-unsaturated/α-hetero) is 1. The van der Waals surface area contributed by atoms with E-state index in [1.807, 2.05) is 0 Å². The highest BCUT2D eigenvalue weighted by Crippen LogP contribution is 2.41. The summed E-state index contributed by atoms with van der Waals surface area (Å²) in [6, 6.07) is 7.04. The van der Waals surface area contributed by atoms with Crippen LogP contribution in [0.3, 0.4) is 0 Å². The topological polar surface area (TPSA) is 51.2 Å². The molecule has 0 amide bonds. The molecule has 0 aliphatic heterocycles. The van der Waals surface area contributed by atoms with Gasteiger partial charge in [-0.05, 0) is 29.7 Å². The number of allylic oxidation sites excluding steroid dienone is 1. The summed E-state index contributed by atoms with van der Waals surface area (Å²) >= 11 is 17.7. The summed E-state index contributed by atoms with van der Waals surface area (Å²) in [6.07, 6.45) is -4.57. The van der Waals surface area contributed by atoms with Crippen molar-refractivity contribution >= 4 is 56.3 Å². The zero-order valence-corrected chi connectivity index (χ0v) is 22.4. The zero-order chi connectivity index (χ0) is 28.3.